The van der Waals surface area contributed by atoms with Crippen LogP contribution in [0.2, 0.25) is 0 Å². The van der Waals surface area contributed by atoms with Gasteiger partial charge in [0.2, 0.25) is 5.91 Å². The van der Waals surface area contributed by atoms with E-state index in [2.05, 4.69) is 20.9 Å². The zero-order valence-corrected chi connectivity index (χ0v) is 12.8. The molecule has 0 spiro atoms. The third-order valence-electron chi connectivity index (χ3n) is 2.87. The Bertz CT molecular complexity index is 659. The second kappa shape index (κ2) is 4.85. The lowest BCUT2D eigenvalue weighted by atomic mass is 10.2. The van der Waals surface area contributed by atoms with Crippen molar-refractivity contribution < 1.29 is 4.79 Å². The maximum Gasteiger partial charge on any atom is 0.244 e. The molecule has 0 aliphatic heterocycles. The van der Waals surface area contributed by atoms with Gasteiger partial charge in [0.05, 0.1) is 11.0 Å². The maximum absolute atomic E-state index is 12.1. The van der Waals surface area contributed by atoms with Crippen LogP contribution in [0.25, 0.3) is 11.0 Å². The molecule has 1 aromatic carbocycles. The summed E-state index contributed by atoms with van der Waals surface area (Å²) in [5.41, 5.74) is 1.86. The van der Waals surface area contributed by atoms with E-state index < -0.39 is 0 Å². The Morgan fingerprint density at radius 1 is 1.50 bits per heavy atom. The molecular formula is C12H14BrN3OS. The molecule has 2 aromatic rings. The molecular weight excluding hydrogens is 314 g/mol. The number of aromatic amines is 1. The molecule has 0 aliphatic rings. The summed E-state index contributed by atoms with van der Waals surface area (Å²) in [5.74, 6) is 0.0203. The topological polar surface area (TPSA) is 41.0 Å². The van der Waals surface area contributed by atoms with Crippen molar-refractivity contribution >= 4 is 45.1 Å². The summed E-state index contributed by atoms with van der Waals surface area (Å²) in [4.78, 5) is 16.7. The first kappa shape index (κ1) is 13.3. The highest BCUT2D eigenvalue weighted by molar-refractivity contribution is 9.10. The number of hydrogen-bond acceptors (Lipinski definition) is 2. The Hall–Kier alpha value is -1.14. The minimum absolute atomic E-state index is 0.0203. The van der Waals surface area contributed by atoms with Gasteiger partial charge in [-0.1, -0.05) is 15.9 Å². The normalized spacial score (nSPS) is 12.7. The number of hydrogen-bond donors (Lipinski definition) is 1. The third-order valence-corrected chi connectivity index (χ3v) is 3.66. The number of imidazole rings is 1. The predicted molar refractivity (Wildman–Crippen MR) is 78.2 cm³/mol. The number of nitrogens with zero attached hydrogens (tertiary/aromatic N) is 2. The van der Waals surface area contributed by atoms with Gasteiger partial charge in [-0.2, -0.15) is 0 Å². The predicted octanol–water partition coefficient (Wildman–Crippen LogP) is 3.11. The molecule has 0 fully saturated rings. The average Bonchev–Trinajstić information content (AvgIpc) is 2.62. The number of halogens is 1. The number of carbonyl (C=O) groups is 1. The van der Waals surface area contributed by atoms with E-state index in [0.717, 1.165) is 15.5 Å². The van der Waals surface area contributed by atoms with Gasteiger partial charge in [0.25, 0.3) is 0 Å². The van der Waals surface area contributed by atoms with Crippen molar-refractivity contribution in [1.82, 2.24) is 14.5 Å². The SMILES string of the molecule is CC(C(=O)N(C)C)n1c(=S)[nH]c2ccc(Br)cc21. The first-order valence-corrected chi connectivity index (χ1v) is 6.73. The molecule has 2 rings (SSSR count). The quantitative estimate of drug-likeness (QED) is 0.861. The van der Waals surface area contributed by atoms with Crippen molar-refractivity contribution in [2.75, 3.05) is 14.1 Å². The fourth-order valence-corrected chi connectivity index (χ4v) is 2.68. The minimum Gasteiger partial charge on any atom is -0.347 e. The van der Waals surface area contributed by atoms with Crippen molar-refractivity contribution in [2.45, 2.75) is 13.0 Å². The number of H-pyrrole nitrogens is 1. The van der Waals surface area contributed by atoms with Gasteiger partial charge in [-0.05, 0) is 37.3 Å². The molecule has 1 heterocycles. The van der Waals surface area contributed by atoms with Crippen LogP contribution in [-0.2, 0) is 4.79 Å². The van der Waals surface area contributed by atoms with E-state index in [0.29, 0.717) is 4.77 Å². The number of likely N-dealkylation sites (N-methyl/N-ethyl adjacent to an activating group) is 1. The monoisotopic (exact) mass is 327 g/mol. The van der Waals surface area contributed by atoms with E-state index in [1.807, 2.05) is 29.7 Å². The minimum atomic E-state index is -0.324. The first-order chi connectivity index (χ1) is 8.41. The smallest absolute Gasteiger partial charge is 0.244 e. The largest absolute Gasteiger partial charge is 0.347 e. The van der Waals surface area contributed by atoms with E-state index in [4.69, 9.17) is 12.2 Å². The molecule has 0 bridgehead atoms. The summed E-state index contributed by atoms with van der Waals surface area (Å²) in [6, 6.07) is 5.52. The van der Waals surface area contributed by atoms with Crippen LogP contribution in [0.3, 0.4) is 0 Å². The van der Waals surface area contributed by atoms with Crippen LogP contribution in [0.5, 0.6) is 0 Å². The van der Waals surface area contributed by atoms with Gasteiger partial charge < -0.3 is 14.5 Å². The fraction of sp³-hybridized carbons (Fsp3) is 0.333. The van der Waals surface area contributed by atoms with Gasteiger partial charge in [0, 0.05) is 18.6 Å². The Morgan fingerprint density at radius 2 is 2.17 bits per heavy atom. The molecule has 0 aliphatic carbocycles. The molecule has 0 saturated carbocycles. The van der Waals surface area contributed by atoms with Gasteiger partial charge in [-0.3, -0.25) is 4.79 Å². The molecule has 1 N–H and O–H groups in total. The molecule has 1 unspecified atom stereocenters. The van der Waals surface area contributed by atoms with Crippen LogP contribution in [-0.4, -0.2) is 34.5 Å². The number of rotatable bonds is 2. The summed E-state index contributed by atoms with van der Waals surface area (Å²) >= 11 is 8.73. The van der Waals surface area contributed by atoms with Gasteiger partial charge in [-0.25, -0.2) is 0 Å². The van der Waals surface area contributed by atoms with Crippen molar-refractivity contribution in [2.24, 2.45) is 0 Å². The van der Waals surface area contributed by atoms with Gasteiger partial charge in [-0.15, -0.1) is 0 Å². The maximum atomic E-state index is 12.1. The Labute approximate surface area is 119 Å². The fourth-order valence-electron chi connectivity index (χ4n) is 1.96. The summed E-state index contributed by atoms with van der Waals surface area (Å²) in [6.45, 7) is 1.85. The Morgan fingerprint density at radius 3 is 2.78 bits per heavy atom. The van der Waals surface area contributed by atoms with E-state index in [1.54, 1.807) is 19.0 Å². The Kier molecular flexibility index (Phi) is 3.59. The number of amides is 1. The highest BCUT2D eigenvalue weighted by Gasteiger charge is 2.19. The molecule has 6 heteroatoms. The van der Waals surface area contributed by atoms with E-state index in [1.165, 1.54) is 0 Å². The van der Waals surface area contributed by atoms with Crippen molar-refractivity contribution in [3.05, 3.63) is 27.4 Å². The zero-order chi connectivity index (χ0) is 13.4. The van der Waals surface area contributed by atoms with Crippen LogP contribution < -0.4 is 0 Å². The summed E-state index contributed by atoms with van der Waals surface area (Å²) in [7, 11) is 3.49. The van der Waals surface area contributed by atoms with Gasteiger partial charge in [0.1, 0.15) is 6.04 Å². The van der Waals surface area contributed by atoms with Gasteiger partial charge >= 0.3 is 0 Å². The highest BCUT2D eigenvalue weighted by atomic mass is 79.9. The molecule has 96 valence electrons. The molecule has 0 saturated heterocycles. The summed E-state index contributed by atoms with van der Waals surface area (Å²) in [6.07, 6.45) is 0. The second-order valence-electron chi connectivity index (χ2n) is 4.37. The lowest BCUT2D eigenvalue weighted by Gasteiger charge is -2.18. The molecule has 0 radical (unpaired) electrons. The van der Waals surface area contributed by atoms with E-state index in [9.17, 15) is 4.79 Å². The molecule has 1 amide bonds. The molecule has 1 atom stereocenters. The summed E-state index contributed by atoms with van der Waals surface area (Å²) < 4.78 is 3.37. The van der Waals surface area contributed by atoms with Crippen molar-refractivity contribution in [3.63, 3.8) is 0 Å². The van der Waals surface area contributed by atoms with Crippen LogP contribution in [0.4, 0.5) is 0 Å². The average molecular weight is 328 g/mol. The van der Waals surface area contributed by atoms with Crippen molar-refractivity contribution in [1.29, 1.82) is 0 Å². The first-order valence-electron chi connectivity index (χ1n) is 5.52. The molecule has 4 nitrogen and oxygen atoms in total. The van der Waals surface area contributed by atoms with Crippen LogP contribution >= 0.6 is 28.1 Å². The molecule has 1 aromatic heterocycles. The number of benzene rings is 1. The zero-order valence-electron chi connectivity index (χ0n) is 10.4. The Balaban J connectivity index is 2.63. The number of carbonyl (C=O) groups excluding carboxylic acids is 1. The number of aromatic nitrogens is 2. The number of nitrogens with one attached hydrogen (secondary N) is 1. The van der Waals surface area contributed by atoms with E-state index in [-0.39, 0.29) is 11.9 Å². The lowest BCUT2D eigenvalue weighted by Crippen LogP contribution is -2.29. The van der Waals surface area contributed by atoms with E-state index >= 15 is 0 Å². The van der Waals surface area contributed by atoms with Crippen LogP contribution in [0, 0.1) is 4.77 Å². The highest BCUT2D eigenvalue weighted by Crippen LogP contribution is 2.23. The number of fused-ring (bicyclic) bond motifs is 1. The van der Waals surface area contributed by atoms with Gasteiger partial charge in [0.15, 0.2) is 4.77 Å². The van der Waals surface area contributed by atoms with Crippen LogP contribution in [0.15, 0.2) is 22.7 Å². The standard InChI is InChI=1S/C12H14BrN3OS/c1-7(11(17)15(2)3)16-10-6-8(13)4-5-9(10)14-12(16)18/h4-7H,1-3H3,(H,14,18). The van der Waals surface area contributed by atoms with Crippen LogP contribution in [0.1, 0.15) is 13.0 Å². The molecule has 18 heavy (non-hydrogen) atoms. The third kappa shape index (κ3) is 2.22. The summed E-state index contributed by atoms with van der Waals surface area (Å²) in [5, 5.41) is 0. The van der Waals surface area contributed by atoms with Crippen molar-refractivity contribution in [3.8, 4) is 0 Å². The second-order valence-corrected chi connectivity index (χ2v) is 5.67. The lowest BCUT2D eigenvalue weighted by molar-refractivity contribution is -0.131.